The molecule has 0 spiro atoms. The van der Waals surface area contributed by atoms with Crippen LogP contribution in [0, 0.1) is 0 Å². The molecule has 0 fully saturated rings. The predicted molar refractivity (Wildman–Crippen MR) is 97.1 cm³/mol. The Kier molecular flexibility index (Phi) is 7.40. The minimum atomic E-state index is 0.712. The summed E-state index contributed by atoms with van der Waals surface area (Å²) < 4.78 is 0. The Balaban J connectivity index is 1.79. The van der Waals surface area contributed by atoms with Gasteiger partial charge in [0.05, 0.1) is 0 Å². The van der Waals surface area contributed by atoms with E-state index in [1.807, 2.05) is 42.6 Å². The third-order valence-electron chi connectivity index (χ3n) is 3.30. The zero-order valence-electron chi connectivity index (χ0n) is 13.4. The Bertz CT molecular complexity index is 613. The van der Waals surface area contributed by atoms with Crippen LogP contribution in [0.25, 0.3) is 0 Å². The van der Waals surface area contributed by atoms with Crippen LogP contribution in [0.2, 0.25) is 5.02 Å². The summed E-state index contributed by atoms with van der Waals surface area (Å²) in [5.74, 6) is 0.838. The first-order chi connectivity index (χ1) is 11.3. The van der Waals surface area contributed by atoms with Gasteiger partial charge in [0.2, 0.25) is 0 Å². The van der Waals surface area contributed by atoms with Crippen LogP contribution in [0.4, 0.5) is 0 Å². The fourth-order valence-electron chi connectivity index (χ4n) is 2.19. The summed E-state index contributed by atoms with van der Waals surface area (Å²) in [5.41, 5.74) is 2.28. The molecule has 0 bridgehead atoms. The van der Waals surface area contributed by atoms with Crippen molar-refractivity contribution in [3.8, 4) is 0 Å². The van der Waals surface area contributed by atoms with Crippen molar-refractivity contribution in [3.63, 3.8) is 0 Å². The highest BCUT2D eigenvalue weighted by Crippen LogP contribution is 2.10. The molecule has 0 atom stereocenters. The molecule has 5 heteroatoms. The lowest BCUT2D eigenvalue weighted by atomic mass is 10.1. The summed E-state index contributed by atoms with van der Waals surface area (Å²) in [5, 5.41) is 7.39. The molecule has 23 heavy (non-hydrogen) atoms. The fourth-order valence-corrected chi connectivity index (χ4v) is 2.40. The molecule has 2 aromatic rings. The molecular formula is C18H23ClN4. The molecule has 2 N–H and O–H groups in total. The number of hydrogen-bond donors (Lipinski definition) is 2. The van der Waals surface area contributed by atoms with Crippen molar-refractivity contribution in [3.05, 3.63) is 64.9 Å². The molecule has 4 nitrogen and oxygen atoms in total. The van der Waals surface area contributed by atoms with Crippen LogP contribution in [0.15, 0.2) is 53.7 Å². The average molecular weight is 331 g/mol. The molecule has 0 unspecified atom stereocenters. The molecule has 2 rings (SSSR count). The summed E-state index contributed by atoms with van der Waals surface area (Å²) in [6.45, 7) is 4.43. The number of pyridine rings is 1. The van der Waals surface area contributed by atoms with Crippen molar-refractivity contribution in [2.45, 2.75) is 19.8 Å². The number of aromatic nitrogens is 1. The van der Waals surface area contributed by atoms with Gasteiger partial charge in [0.25, 0.3) is 0 Å². The zero-order chi connectivity index (χ0) is 16.3. The molecule has 0 saturated heterocycles. The van der Waals surface area contributed by atoms with Crippen LogP contribution in [0.3, 0.4) is 0 Å². The normalized spacial score (nSPS) is 11.3. The minimum Gasteiger partial charge on any atom is -0.357 e. The number of nitrogens with one attached hydrogen (secondary N) is 2. The van der Waals surface area contributed by atoms with Gasteiger partial charge in [-0.3, -0.25) is 9.98 Å². The third-order valence-corrected chi connectivity index (χ3v) is 3.54. The van der Waals surface area contributed by atoms with Crippen LogP contribution in [0.1, 0.15) is 18.2 Å². The summed E-state index contributed by atoms with van der Waals surface area (Å²) >= 11 is 6.00. The number of nitrogens with zero attached hydrogens (tertiary/aromatic N) is 2. The Morgan fingerprint density at radius 3 is 2.78 bits per heavy atom. The van der Waals surface area contributed by atoms with E-state index in [0.717, 1.165) is 42.6 Å². The van der Waals surface area contributed by atoms with Gasteiger partial charge in [0.1, 0.15) is 0 Å². The Morgan fingerprint density at radius 2 is 2.04 bits per heavy atom. The standard InChI is InChI=1S/C18H23ClN4/c1-2-20-18(23-13-10-17-8-3-4-11-21-17)22-12-9-15-6-5-7-16(19)14-15/h3-8,11,14H,2,9-10,12-13H2,1H3,(H2,20,22,23). The van der Waals surface area contributed by atoms with Gasteiger partial charge in [-0.15, -0.1) is 0 Å². The van der Waals surface area contributed by atoms with Crippen molar-refractivity contribution in [1.29, 1.82) is 0 Å². The molecule has 0 aliphatic carbocycles. The number of hydrogen-bond acceptors (Lipinski definition) is 2. The van der Waals surface area contributed by atoms with Gasteiger partial charge in [-0.25, -0.2) is 0 Å². The van der Waals surface area contributed by atoms with Gasteiger partial charge in [-0.2, -0.15) is 0 Å². The molecule has 122 valence electrons. The second kappa shape index (κ2) is 9.85. The SMILES string of the molecule is CCNC(=NCCc1ccccn1)NCCc1cccc(Cl)c1. The van der Waals surface area contributed by atoms with E-state index in [0.29, 0.717) is 6.54 Å². The van der Waals surface area contributed by atoms with Crippen molar-refractivity contribution in [2.24, 2.45) is 4.99 Å². The van der Waals surface area contributed by atoms with E-state index in [-0.39, 0.29) is 0 Å². The number of guanidine groups is 1. The Hall–Kier alpha value is -2.07. The average Bonchev–Trinajstić information content (AvgIpc) is 2.56. The number of aliphatic imine (C=N–C) groups is 1. The molecule has 1 aromatic carbocycles. The molecule has 1 aromatic heterocycles. The molecular weight excluding hydrogens is 308 g/mol. The maximum absolute atomic E-state index is 6.00. The van der Waals surface area contributed by atoms with Gasteiger partial charge in [0, 0.05) is 43.0 Å². The highest BCUT2D eigenvalue weighted by Gasteiger charge is 1.99. The van der Waals surface area contributed by atoms with Gasteiger partial charge >= 0.3 is 0 Å². The van der Waals surface area contributed by atoms with Crippen LogP contribution >= 0.6 is 11.6 Å². The quantitative estimate of drug-likeness (QED) is 0.606. The van der Waals surface area contributed by atoms with Crippen molar-refractivity contribution >= 4 is 17.6 Å². The Morgan fingerprint density at radius 1 is 1.13 bits per heavy atom. The molecule has 0 radical (unpaired) electrons. The van der Waals surface area contributed by atoms with Crippen molar-refractivity contribution in [2.75, 3.05) is 19.6 Å². The fraction of sp³-hybridized carbons (Fsp3) is 0.333. The van der Waals surface area contributed by atoms with E-state index in [9.17, 15) is 0 Å². The van der Waals surface area contributed by atoms with Gasteiger partial charge < -0.3 is 10.6 Å². The van der Waals surface area contributed by atoms with Crippen molar-refractivity contribution < 1.29 is 0 Å². The summed E-state index contributed by atoms with van der Waals surface area (Å²) in [6, 6.07) is 13.9. The number of rotatable bonds is 7. The first-order valence-corrected chi connectivity index (χ1v) is 8.32. The second-order valence-electron chi connectivity index (χ2n) is 5.14. The third kappa shape index (κ3) is 6.70. The monoisotopic (exact) mass is 330 g/mol. The van der Waals surface area contributed by atoms with Gasteiger partial charge in [-0.1, -0.05) is 29.8 Å². The first kappa shape index (κ1) is 17.3. The Labute approximate surface area is 143 Å². The molecule has 0 saturated carbocycles. The van der Waals surface area contributed by atoms with E-state index in [1.54, 1.807) is 0 Å². The number of benzene rings is 1. The molecule has 0 aliphatic heterocycles. The highest BCUT2D eigenvalue weighted by molar-refractivity contribution is 6.30. The lowest BCUT2D eigenvalue weighted by Gasteiger charge is -2.11. The van der Waals surface area contributed by atoms with Gasteiger partial charge in [-0.05, 0) is 43.2 Å². The number of halogens is 1. The topological polar surface area (TPSA) is 49.3 Å². The predicted octanol–water partition coefficient (Wildman–Crippen LogP) is 3.08. The maximum Gasteiger partial charge on any atom is 0.191 e. The lowest BCUT2D eigenvalue weighted by Crippen LogP contribution is -2.38. The van der Waals surface area contributed by atoms with Crippen molar-refractivity contribution in [1.82, 2.24) is 15.6 Å². The van der Waals surface area contributed by atoms with E-state index in [1.165, 1.54) is 5.56 Å². The maximum atomic E-state index is 6.00. The van der Waals surface area contributed by atoms with Crippen LogP contribution in [0.5, 0.6) is 0 Å². The first-order valence-electron chi connectivity index (χ1n) is 7.94. The summed E-state index contributed by atoms with van der Waals surface area (Å²) in [6.07, 6.45) is 3.56. The van der Waals surface area contributed by atoms with Gasteiger partial charge in [0.15, 0.2) is 5.96 Å². The minimum absolute atomic E-state index is 0.712. The summed E-state index contributed by atoms with van der Waals surface area (Å²) in [7, 11) is 0. The molecule has 0 amide bonds. The van der Waals surface area contributed by atoms with E-state index < -0.39 is 0 Å². The smallest absolute Gasteiger partial charge is 0.191 e. The lowest BCUT2D eigenvalue weighted by molar-refractivity contribution is 0.794. The van der Waals surface area contributed by atoms with Crippen LogP contribution < -0.4 is 10.6 Å². The van der Waals surface area contributed by atoms with Crippen LogP contribution in [-0.2, 0) is 12.8 Å². The second-order valence-corrected chi connectivity index (χ2v) is 5.57. The van der Waals surface area contributed by atoms with E-state index in [4.69, 9.17) is 11.6 Å². The zero-order valence-corrected chi connectivity index (χ0v) is 14.2. The van der Waals surface area contributed by atoms with Crippen LogP contribution in [-0.4, -0.2) is 30.6 Å². The summed E-state index contributed by atoms with van der Waals surface area (Å²) in [4.78, 5) is 8.89. The largest absolute Gasteiger partial charge is 0.357 e. The van der Waals surface area contributed by atoms with E-state index in [2.05, 4.69) is 33.6 Å². The molecule has 1 heterocycles. The highest BCUT2D eigenvalue weighted by atomic mass is 35.5. The van der Waals surface area contributed by atoms with E-state index >= 15 is 0 Å². The molecule has 0 aliphatic rings.